The lowest BCUT2D eigenvalue weighted by Gasteiger charge is -2.45. The molecule has 0 aliphatic carbocycles. The van der Waals surface area contributed by atoms with Gasteiger partial charge in [0.15, 0.2) is 0 Å². The Morgan fingerprint density at radius 1 is 1.24 bits per heavy atom. The molecule has 1 fully saturated rings. The zero-order chi connectivity index (χ0) is 15.6. The van der Waals surface area contributed by atoms with Crippen molar-refractivity contribution in [3.63, 3.8) is 0 Å². The average molecular weight is 292 g/mol. The number of amides is 1. The van der Waals surface area contributed by atoms with Crippen molar-refractivity contribution in [2.75, 3.05) is 27.3 Å². The van der Waals surface area contributed by atoms with E-state index < -0.39 is 0 Å². The van der Waals surface area contributed by atoms with E-state index in [1.807, 2.05) is 4.90 Å². The Labute approximate surface area is 126 Å². The van der Waals surface area contributed by atoms with Crippen molar-refractivity contribution in [1.82, 2.24) is 10.2 Å². The zero-order valence-corrected chi connectivity index (χ0v) is 13.4. The molecule has 21 heavy (non-hydrogen) atoms. The van der Waals surface area contributed by atoms with Crippen LogP contribution in [-0.4, -0.2) is 49.7 Å². The molecule has 1 amide bonds. The van der Waals surface area contributed by atoms with Crippen molar-refractivity contribution >= 4 is 5.91 Å². The molecule has 1 N–H and O–H groups in total. The monoisotopic (exact) mass is 292 g/mol. The Balaban J connectivity index is 2.34. The minimum Gasteiger partial charge on any atom is -0.497 e. The molecule has 0 bridgehead atoms. The number of nitrogens with one attached hydrogen (secondary N) is 1. The normalized spacial score (nSPS) is 21.0. The highest BCUT2D eigenvalue weighted by atomic mass is 16.5. The fourth-order valence-electron chi connectivity index (χ4n) is 2.55. The lowest BCUT2D eigenvalue weighted by molar-refractivity contribution is 0.0410. The van der Waals surface area contributed by atoms with Crippen molar-refractivity contribution in [1.29, 1.82) is 0 Å². The SMILES string of the molecule is COc1cc(OC)cc(C(=O)N2CC(C)NCC2(C)C)c1. The summed E-state index contributed by atoms with van der Waals surface area (Å²) in [4.78, 5) is 14.8. The molecule has 5 nitrogen and oxygen atoms in total. The Kier molecular flexibility index (Phi) is 4.42. The van der Waals surface area contributed by atoms with E-state index in [0.29, 0.717) is 23.6 Å². The molecule has 0 saturated carbocycles. The van der Waals surface area contributed by atoms with Gasteiger partial charge in [-0.1, -0.05) is 0 Å². The predicted molar refractivity (Wildman–Crippen MR) is 82.1 cm³/mol. The zero-order valence-electron chi connectivity index (χ0n) is 13.4. The number of ether oxygens (including phenoxy) is 2. The summed E-state index contributed by atoms with van der Waals surface area (Å²) in [6, 6.07) is 5.57. The fourth-order valence-corrected chi connectivity index (χ4v) is 2.55. The van der Waals surface area contributed by atoms with E-state index in [0.717, 1.165) is 6.54 Å². The number of nitrogens with zero attached hydrogens (tertiary/aromatic N) is 1. The first-order valence-corrected chi connectivity index (χ1v) is 7.16. The number of carbonyl (C=O) groups excluding carboxylic acids is 1. The summed E-state index contributed by atoms with van der Waals surface area (Å²) >= 11 is 0. The van der Waals surface area contributed by atoms with Gasteiger partial charge in [0.05, 0.1) is 19.8 Å². The lowest BCUT2D eigenvalue weighted by Crippen LogP contribution is -2.62. The standard InChI is InChI=1S/C16H24N2O3/c1-11-9-18(16(2,3)10-17-11)15(19)12-6-13(20-4)8-14(7-12)21-5/h6-8,11,17H,9-10H2,1-5H3. The van der Waals surface area contributed by atoms with Crippen LogP contribution in [0.1, 0.15) is 31.1 Å². The summed E-state index contributed by atoms with van der Waals surface area (Å²) in [7, 11) is 3.17. The van der Waals surface area contributed by atoms with Crippen LogP contribution in [0, 0.1) is 0 Å². The minimum atomic E-state index is -0.222. The molecule has 1 heterocycles. The van der Waals surface area contributed by atoms with Gasteiger partial charge in [0.2, 0.25) is 0 Å². The van der Waals surface area contributed by atoms with Crippen LogP contribution in [0.25, 0.3) is 0 Å². The molecule has 1 atom stereocenters. The molecule has 2 rings (SSSR count). The Morgan fingerprint density at radius 2 is 1.81 bits per heavy atom. The highest BCUT2D eigenvalue weighted by molar-refractivity contribution is 5.95. The van der Waals surface area contributed by atoms with Gasteiger partial charge in [0, 0.05) is 30.8 Å². The number of hydrogen-bond donors (Lipinski definition) is 1. The number of carbonyl (C=O) groups is 1. The molecule has 1 aromatic carbocycles. The molecule has 0 spiro atoms. The van der Waals surface area contributed by atoms with Gasteiger partial charge in [-0.2, -0.15) is 0 Å². The first kappa shape index (κ1) is 15.6. The number of piperazine rings is 1. The van der Waals surface area contributed by atoms with Crippen LogP contribution in [0.3, 0.4) is 0 Å². The van der Waals surface area contributed by atoms with E-state index in [4.69, 9.17) is 9.47 Å². The number of methoxy groups -OCH3 is 2. The van der Waals surface area contributed by atoms with Crippen LogP contribution in [0.4, 0.5) is 0 Å². The van der Waals surface area contributed by atoms with Crippen LogP contribution in [0.5, 0.6) is 11.5 Å². The van der Waals surface area contributed by atoms with Crippen molar-refractivity contribution in [2.24, 2.45) is 0 Å². The lowest BCUT2D eigenvalue weighted by atomic mass is 9.96. The van der Waals surface area contributed by atoms with Crippen LogP contribution >= 0.6 is 0 Å². The highest BCUT2D eigenvalue weighted by Gasteiger charge is 2.36. The van der Waals surface area contributed by atoms with Gasteiger partial charge in [0.1, 0.15) is 11.5 Å². The van der Waals surface area contributed by atoms with Gasteiger partial charge in [-0.05, 0) is 32.9 Å². The Morgan fingerprint density at radius 3 is 2.33 bits per heavy atom. The molecular formula is C16H24N2O3. The third kappa shape index (κ3) is 3.29. The van der Waals surface area contributed by atoms with Gasteiger partial charge in [-0.3, -0.25) is 4.79 Å². The average Bonchev–Trinajstić information content (AvgIpc) is 2.48. The summed E-state index contributed by atoms with van der Waals surface area (Å²) in [5.74, 6) is 1.25. The molecule has 0 aromatic heterocycles. The van der Waals surface area contributed by atoms with E-state index in [-0.39, 0.29) is 17.5 Å². The number of rotatable bonds is 3. The molecule has 1 saturated heterocycles. The van der Waals surface area contributed by atoms with Gasteiger partial charge >= 0.3 is 0 Å². The molecule has 0 radical (unpaired) electrons. The second-order valence-electron chi connectivity index (χ2n) is 6.11. The van der Waals surface area contributed by atoms with Gasteiger partial charge in [-0.25, -0.2) is 0 Å². The van der Waals surface area contributed by atoms with E-state index in [9.17, 15) is 4.79 Å². The number of hydrogen-bond acceptors (Lipinski definition) is 4. The summed E-state index contributed by atoms with van der Waals surface area (Å²) < 4.78 is 10.5. The first-order valence-electron chi connectivity index (χ1n) is 7.16. The van der Waals surface area contributed by atoms with Crippen molar-refractivity contribution < 1.29 is 14.3 Å². The van der Waals surface area contributed by atoms with Crippen LogP contribution < -0.4 is 14.8 Å². The largest absolute Gasteiger partial charge is 0.497 e. The molecule has 1 aliphatic rings. The molecular weight excluding hydrogens is 268 g/mol. The second kappa shape index (κ2) is 5.93. The van der Waals surface area contributed by atoms with E-state index in [1.54, 1.807) is 32.4 Å². The third-order valence-electron chi connectivity index (χ3n) is 3.91. The molecule has 1 aromatic rings. The molecule has 116 valence electrons. The summed E-state index contributed by atoms with van der Waals surface area (Å²) in [5.41, 5.74) is 0.369. The minimum absolute atomic E-state index is 0.00514. The molecule has 5 heteroatoms. The van der Waals surface area contributed by atoms with E-state index in [2.05, 4.69) is 26.1 Å². The van der Waals surface area contributed by atoms with Crippen molar-refractivity contribution in [3.8, 4) is 11.5 Å². The summed E-state index contributed by atoms with van der Waals surface area (Å²) in [5, 5.41) is 3.41. The Hall–Kier alpha value is -1.75. The first-order chi connectivity index (χ1) is 9.87. The maximum absolute atomic E-state index is 12.9. The van der Waals surface area contributed by atoms with E-state index in [1.165, 1.54) is 0 Å². The second-order valence-corrected chi connectivity index (χ2v) is 6.11. The van der Waals surface area contributed by atoms with Gasteiger partial charge in [-0.15, -0.1) is 0 Å². The third-order valence-corrected chi connectivity index (χ3v) is 3.91. The van der Waals surface area contributed by atoms with Crippen LogP contribution in [0.2, 0.25) is 0 Å². The fraction of sp³-hybridized carbons (Fsp3) is 0.562. The number of benzene rings is 1. The van der Waals surface area contributed by atoms with Crippen molar-refractivity contribution in [2.45, 2.75) is 32.4 Å². The maximum Gasteiger partial charge on any atom is 0.254 e. The maximum atomic E-state index is 12.9. The van der Waals surface area contributed by atoms with Gasteiger partial charge < -0.3 is 19.7 Å². The topological polar surface area (TPSA) is 50.8 Å². The Bertz CT molecular complexity index is 506. The smallest absolute Gasteiger partial charge is 0.254 e. The summed E-state index contributed by atoms with van der Waals surface area (Å²) in [6.45, 7) is 7.69. The van der Waals surface area contributed by atoms with Crippen LogP contribution in [-0.2, 0) is 0 Å². The highest BCUT2D eigenvalue weighted by Crippen LogP contribution is 2.27. The predicted octanol–water partition coefficient (Wildman–Crippen LogP) is 1.92. The van der Waals surface area contributed by atoms with Crippen molar-refractivity contribution in [3.05, 3.63) is 23.8 Å². The van der Waals surface area contributed by atoms with Crippen LogP contribution in [0.15, 0.2) is 18.2 Å². The molecule has 1 unspecified atom stereocenters. The quantitative estimate of drug-likeness (QED) is 0.924. The van der Waals surface area contributed by atoms with Gasteiger partial charge in [0.25, 0.3) is 5.91 Å². The van der Waals surface area contributed by atoms with E-state index >= 15 is 0 Å². The summed E-state index contributed by atoms with van der Waals surface area (Å²) in [6.07, 6.45) is 0. The molecule has 1 aliphatic heterocycles.